The number of carboxylic acids is 1. The Hall–Kier alpha value is -2.04. The smallest absolute Gasteiger partial charge is 0.326 e. The molecule has 7 atom stereocenters. The van der Waals surface area contributed by atoms with Crippen molar-refractivity contribution in [2.24, 2.45) is 0 Å². The lowest BCUT2D eigenvalue weighted by atomic mass is 9.73. The van der Waals surface area contributed by atoms with Gasteiger partial charge in [-0.1, -0.05) is 6.07 Å². The van der Waals surface area contributed by atoms with E-state index in [1.165, 1.54) is 11.8 Å². The minimum atomic E-state index is -2.13. The van der Waals surface area contributed by atoms with Gasteiger partial charge in [-0.15, -0.1) is 0 Å². The molecular formula is C22H29NO8. The summed E-state index contributed by atoms with van der Waals surface area (Å²) >= 11 is 0. The number of aliphatic hydroxyl groups is 4. The third-order valence-electron chi connectivity index (χ3n) is 6.96. The van der Waals surface area contributed by atoms with Crippen LogP contribution >= 0.6 is 0 Å². The number of aryl methyl sites for hydroxylation is 1. The zero-order chi connectivity index (χ0) is 22.5. The Labute approximate surface area is 179 Å². The van der Waals surface area contributed by atoms with Crippen molar-refractivity contribution in [2.45, 2.75) is 81.2 Å². The van der Waals surface area contributed by atoms with E-state index in [1.807, 2.05) is 0 Å². The number of amides is 1. The topological polar surface area (TPSA) is 148 Å². The Bertz CT molecular complexity index is 875. The van der Waals surface area contributed by atoms with Gasteiger partial charge in [-0.2, -0.15) is 0 Å². The molecular weight excluding hydrogens is 406 g/mol. The van der Waals surface area contributed by atoms with Gasteiger partial charge in [0.25, 0.3) is 5.91 Å². The molecule has 1 aromatic rings. The number of carbonyl (C=O) groups is 2. The molecule has 0 spiro atoms. The number of fused-ring (bicyclic) bond motifs is 1. The van der Waals surface area contributed by atoms with Crippen molar-refractivity contribution in [3.8, 4) is 0 Å². The third-order valence-corrected chi connectivity index (χ3v) is 6.96. The lowest BCUT2D eigenvalue weighted by Gasteiger charge is -2.49. The molecule has 0 radical (unpaired) electrons. The van der Waals surface area contributed by atoms with Crippen molar-refractivity contribution >= 4 is 11.9 Å². The Morgan fingerprint density at radius 3 is 2.58 bits per heavy atom. The summed E-state index contributed by atoms with van der Waals surface area (Å²) < 4.78 is 5.64. The second-order valence-corrected chi connectivity index (χ2v) is 8.85. The fourth-order valence-corrected chi connectivity index (χ4v) is 5.23. The summed E-state index contributed by atoms with van der Waals surface area (Å²) in [6.07, 6.45) is -2.64. The molecule has 0 aromatic heterocycles. The molecule has 2 saturated heterocycles. The number of hydrogen-bond donors (Lipinski definition) is 5. The first kappa shape index (κ1) is 22.2. The number of benzene rings is 1. The van der Waals surface area contributed by atoms with Crippen LogP contribution in [0, 0.1) is 0 Å². The van der Waals surface area contributed by atoms with Crippen LogP contribution < -0.4 is 0 Å². The van der Waals surface area contributed by atoms with Gasteiger partial charge in [0, 0.05) is 18.0 Å². The van der Waals surface area contributed by atoms with Crippen LogP contribution in [0.4, 0.5) is 0 Å². The number of carbonyl (C=O) groups excluding carboxylic acids is 1. The van der Waals surface area contributed by atoms with E-state index in [0.29, 0.717) is 49.8 Å². The van der Waals surface area contributed by atoms with E-state index < -0.39 is 54.0 Å². The molecule has 1 aliphatic carbocycles. The Balaban J connectivity index is 1.69. The molecule has 1 amide bonds. The quantitative estimate of drug-likeness (QED) is 0.445. The summed E-state index contributed by atoms with van der Waals surface area (Å²) in [5, 5.41) is 51.5. The highest BCUT2D eigenvalue weighted by Gasteiger charge is 2.56. The summed E-state index contributed by atoms with van der Waals surface area (Å²) in [4.78, 5) is 25.9. The summed E-state index contributed by atoms with van der Waals surface area (Å²) in [7, 11) is 0. The normalized spacial score (nSPS) is 38.0. The fraction of sp³-hybridized carbons (Fsp3) is 0.636. The second-order valence-electron chi connectivity index (χ2n) is 8.85. The number of aliphatic hydroxyl groups excluding tert-OH is 3. The van der Waals surface area contributed by atoms with E-state index in [9.17, 15) is 35.1 Å². The standard InChI is InChI=1S/C22H29NO8/c1-11-17(24)18(25)19(26)22(30,31-11)15-5-2-4-12-7-8-13(10-14(12)15)20(27)23-9-3-6-16(23)21(28)29/h7-8,10-11,15-19,24-26,30H,2-6,9H2,1H3,(H,28,29)/t11-,15?,16-,17+,18+,19-,22+/m0/s1. The second kappa shape index (κ2) is 8.14. The van der Waals surface area contributed by atoms with Crippen molar-refractivity contribution in [3.63, 3.8) is 0 Å². The monoisotopic (exact) mass is 435 g/mol. The molecule has 2 heterocycles. The number of carboxylic acid groups (broad SMARTS) is 1. The molecule has 31 heavy (non-hydrogen) atoms. The number of aliphatic carboxylic acids is 1. The SMILES string of the molecule is C[C@@H]1O[C@](O)(C2CCCc3ccc(C(=O)N4CCC[C@H]4C(=O)O)cc32)[C@@H](O)[C@H](O)[C@@H]1O. The predicted octanol–water partition coefficient (Wildman–Crippen LogP) is -0.0143. The van der Waals surface area contributed by atoms with Crippen LogP contribution in [0.5, 0.6) is 0 Å². The zero-order valence-electron chi connectivity index (χ0n) is 17.3. The van der Waals surface area contributed by atoms with E-state index in [0.717, 1.165) is 5.56 Å². The van der Waals surface area contributed by atoms with Crippen molar-refractivity contribution < 1.29 is 39.9 Å². The van der Waals surface area contributed by atoms with Crippen LogP contribution in [0.25, 0.3) is 0 Å². The molecule has 9 nitrogen and oxygen atoms in total. The van der Waals surface area contributed by atoms with E-state index in [-0.39, 0.29) is 0 Å². The van der Waals surface area contributed by atoms with Crippen molar-refractivity contribution in [3.05, 3.63) is 34.9 Å². The first-order valence-corrected chi connectivity index (χ1v) is 10.8. The summed E-state index contributed by atoms with van der Waals surface area (Å²) in [6.45, 7) is 1.87. The maximum Gasteiger partial charge on any atom is 0.326 e. The molecule has 1 aromatic carbocycles. The molecule has 4 rings (SSSR count). The van der Waals surface area contributed by atoms with Gasteiger partial charge < -0.3 is 35.2 Å². The fourth-order valence-electron chi connectivity index (χ4n) is 5.23. The average molecular weight is 435 g/mol. The van der Waals surface area contributed by atoms with E-state index in [4.69, 9.17) is 4.74 Å². The summed E-state index contributed by atoms with van der Waals surface area (Å²) in [5.41, 5.74) is 1.82. The lowest BCUT2D eigenvalue weighted by molar-refractivity contribution is -0.352. The van der Waals surface area contributed by atoms with Gasteiger partial charge in [-0.25, -0.2) is 4.79 Å². The molecule has 5 N–H and O–H groups in total. The molecule has 170 valence electrons. The Kier molecular flexibility index (Phi) is 5.82. The first-order valence-electron chi connectivity index (χ1n) is 10.8. The highest BCUT2D eigenvalue weighted by atomic mass is 16.7. The van der Waals surface area contributed by atoms with Gasteiger partial charge in [-0.3, -0.25) is 4.79 Å². The van der Waals surface area contributed by atoms with E-state index in [2.05, 4.69) is 0 Å². The average Bonchev–Trinajstić information content (AvgIpc) is 3.25. The molecule has 9 heteroatoms. The van der Waals surface area contributed by atoms with Crippen LogP contribution in [-0.2, 0) is 16.0 Å². The van der Waals surface area contributed by atoms with Crippen LogP contribution in [0.2, 0.25) is 0 Å². The molecule has 1 unspecified atom stereocenters. The highest BCUT2D eigenvalue weighted by Crippen LogP contribution is 2.45. The molecule has 2 aliphatic heterocycles. The highest BCUT2D eigenvalue weighted by molar-refractivity contribution is 5.97. The number of hydrogen-bond acceptors (Lipinski definition) is 7. The van der Waals surface area contributed by atoms with Gasteiger partial charge in [-0.05, 0) is 62.3 Å². The molecule has 0 bridgehead atoms. The van der Waals surface area contributed by atoms with Gasteiger partial charge >= 0.3 is 5.97 Å². The van der Waals surface area contributed by atoms with Crippen molar-refractivity contribution in [2.75, 3.05) is 6.54 Å². The van der Waals surface area contributed by atoms with Crippen LogP contribution in [0.3, 0.4) is 0 Å². The van der Waals surface area contributed by atoms with E-state index in [1.54, 1.807) is 18.2 Å². The van der Waals surface area contributed by atoms with Crippen molar-refractivity contribution in [1.29, 1.82) is 0 Å². The molecule has 2 fully saturated rings. The predicted molar refractivity (Wildman–Crippen MR) is 107 cm³/mol. The summed E-state index contributed by atoms with van der Waals surface area (Å²) in [5.74, 6) is -4.28. The van der Waals surface area contributed by atoms with Crippen LogP contribution in [0.15, 0.2) is 18.2 Å². The van der Waals surface area contributed by atoms with Crippen LogP contribution in [0.1, 0.15) is 60.0 Å². The zero-order valence-corrected chi connectivity index (χ0v) is 17.3. The third kappa shape index (κ3) is 3.64. The molecule has 3 aliphatic rings. The maximum atomic E-state index is 13.1. The van der Waals surface area contributed by atoms with Gasteiger partial charge in [0.15, 0.2) is 0 Å². The maximum absolute atomic E-state index is 13.1. The Morgan fingerprint density at radius 2 is 1.87 bits per heavy atom. The number of nitrogens with zero attached hydrogens (tertiary/aromatic N) is 1. The molecule has 0 saturated carbocycles. The van der Waals surface area contributed by atoms with Crippen molar-refractivity contribution in [1.82, 2.24) is 4.90 Å². The first-order chi connectivity index (χ1) is 14.6. The van der Waals surface area contributed by atoms with E-state index >= 15 is 0 Å². The minimum absolute atomic E-state index is 0.307. The van der Waals surface area contributed by atoms with Gasteiger partial charge in [0.1, 0.15) is 24.4 Å². The van der Waals surface area contributed by atoms with Gasteiger partial charge in [0.2, 0.25) is 5.79 Å². The van der Waals surface area contributed by atoms with Crippen LogP contribution in [-0.4, -0.2) is 85.1 Å². The largest absolute Gasteiger partial charge is 0.480 e. The van der Waals surface area contributed by atoms with Gasteiger partial charge in [0.05, 0.1) is 6.10 Å². The summed E-state index contributed by atoms with van der Waals surface area (Å²) in [6, 6.07) is 4.22. The number of likely N-dealkylation sites (tertiary alicyclic amines) is 1. The Morgan fingerprint density at radius 1 is 1.13 bits per heavy atom. The number of ether oxygens (including phenoxy) is 1. The minimum Gasteiger partial charge on any atom is -0.480 e. The lowest BCUT2D eigenvalue weighted by Crippen LogP contribution is -2.66. The number of rotatable bonds is 3.